The van der Waals surface area contributed by atoms with Gasteiger partial charge in [0.1, 0.15) is 5.82 Å². The van der Waals surface area contributed by atoms with E-state index in [2.05, 4.69) is 30.9 Å². The van der Waals surface area contributed by atoms with Crippen LogP contribution >= 0.6 is 11.3 Å². The molecule has 0 radical (unpaired) electrons. The molecular weight excluding hydrogens is 361 g/mol. The molecule has 1 aromatic heterocycles. The summed E-state index contributed by atoms with van der Waals surface area (Å²) in [5, 5.41) is 0.656. The van der Waals surface area contributed by atoms with Gasteiger partial charge in [0.25, 0.3) is 5.91 Å². The number of hydrogen-bond acceptors (Lipinski definition) is 4. The monoisotopic (exact) mass is 385 g/mol. The molecule has 0 saturated carbocycles. The second-order valence-electron chi connectivity index (χ2n) is 7.02. The molecule has 0 aliphatic carbocycles. The zero-order chi connectivity index (χ0) is 19.6. The molecule has 0 atom stereocenters. The molecule has 0 fully saturated rings. The van der Waals surface area contributed by atoms with E-state index >= 15 is 0 Å². The van der Waals surface area contributed by atoms with E-state index in [9.17, 15) is 9.18 Å². The van der Waals surface area contributed by atoms with Crippen molar-refractivity contribution in [1.29, 1.82) is 0 Å². The van der Waals surface area contributed by atoms with Crippen LogP contribution in [0.5, 0.6) is 0 Å². The number of nitrogens with zero attached hydrogens (tertiary/aromatic N) is 3. The lowest BCUT2D eigenvalue weighted by molar-refractivity contribution is 0.0985. The molecule has 3 rings (SSSR count). The second-order valence-corrected chi connectivity index (χ2v) is 8.03. The molecule has 0 unspecified atom stereocenters. The summed E-state index contributed by atoms with van der Waals surface area (Å²) in [7, 11) is 4.00. The highest BCUT2D eigenvalue weighted by Crippen LogP contribution is 2.31. The van der Waals surface area contributed by atoms with E-state index in [1.54, 1.807) is 17.0 Å². The fourth-order valence-corrected chi connectivity index (χ4v) is 3.96. The summed E-state index contributed by atoms with van der Waals surface area (Å²) in [5.41, 5.74) is 3.61. The zero-order valence-corrected chi connectivity index (χ0v) is 16.9. The van der Waals surface area contributed by atoms with Crippen LogP contribution in [0.25, 0.3) is 10.2 Å². The quantitative estimate of drug-likeness (QED) is 0.620. The van der Waals surface area contributed by atoms with Crippen LogP contribution < -0.4 is 4.90 Å². The maximum atomic E-state index is 13.6. The Labute approximate surface area is 163 Å². The molecule has 4 nitrogen and oxygen atoms in total. The molecule has 142 valence electrons. The summed E-state index contributed by atoms with van der Waals surface area (Å²) >= 11 is 1.50. The number of halogens is 1. The highest BCUT2D eigenvalue weighted by Gasteiger charge is 2.21. The minimum atomic E-state index is -0.412. The van der Waals surface area contributed by atoms with E-state index in [0.717, 1.165) is 23.2 Å². The molecule has 6 heteroatoms. The molecule has 0 aliphatic heterocycles. The van der Waals surface area contributed by atoms with Crippen LogP contribution in [-0.2, 0) is 0 Å². The van der Waals surface area contributed by atoms with Gasteiger partial charge in [0.15, 0.2) is 5.13 Å². The lowest BCUT2D eigenvalue weighted by Crippen LogP contribution is -2.33. The van der Waals surface area contributed by atoms with Gasteiger partial charge in [-0.15, -0.1) is 0 Å². The van der Waals surface area contributed by atoms with E-state index < -0.39 is 5.82 Å². The number of aryl methyl sites for hydroxylation is 2. The Hall–Kier alpha value is -2.31. The summed E-state index contributed by atoms with van der Waals surface area (Å²) < 4.78 is 14.7. The summed E-state index contributed by atoms with van der Waals surface area (Å²) in [6.07, 6.45) is 0.808. The van der Waals surface area contributed by atoms with Crippen molar-refractivity contribution < 1.29 is 9.18 Å². The van der Waals surface area contributed by atoms with Crippen LogP contribution in [0.2, 0.25) is 0 Å². The van der Waals surface area contributed by atoms with Gasteiger partial charge in [-0.3, -0.25) is 9.69 Å². The van der Waals surface area contributed by atoms with Crippen molar-refractivity contribution in [2.24, 2.45) is 0 Å². The van der Waals surface area contributed by atoms with Gasteiger partial charge < -0.3 is 4.90 Å². The van der Waals surface area contributed by atoms with Crippen molar-refractivity contribution in [3.63, 3.8) is 0 Å². The minimum Gasteiger partial charge on any atom is -0.309 e. The molecule has 1 heterocycles. The van der Waals surface area contributed by atoms with Crippen LogP contribution in [0.1, 0.15) is 27.9 Å². The normalized spacial score (nSPS) is 11.3. The third-order valence-electron chi connectivity index (χ3n) is 4.53. The van der Waals surface area contributed by atoms with Gasteiger partial charge in [-0.05, 0) is 82.4 Å². The van der Waals surface area contributed by atoms with Gasteiger partial charge in [0.2, 0.25) is 0 Å². The summed E-state index contributed by atoms with van der Waals surface area (Å²) in [4.78, 5) is 21.5. The third kappa shape index (κ3) is 4.51. The Morgan fingerprint density at radius 1 is 1.11 bits per heavy atom. The van der Waals surface area contributed by atoms with Crippen molar-refractivity contribution in [2.45, 2.75) is 20.3 Å². The number of fused-ring (bicyclic) bond motifs is 1. The maximum absolute atomic E-state index is 13.6. The van der Waals surface area contributed by atoms with Gasteiger partial charge in [0, 0.05) is 12.1 Å². The number of thiazole rings is 1. The summed E-state index contributed by atoms with van der Waals surface area (Å²) in [5.74, 6) is -0.634. The fourth-order valence-electron chi connectivity index (χ4n) is 2.89. The molecule has 0 aliphatic rings. The first kappa shape index (κ1) is 19.5. The SMILES string of the molecule is Cc1cc2nc(N(CCCN(C)C)C(=O)c3cccc(F)c3)sc2cc1C. The molecule has 0 saturated heterocycles. The molecule has 0 spiro atoms. The van der Waals surface area contributed by atoms with Crippen LogP contribution in [0.4, 0.5) is 9.52 Å². The average Bonchev–Trinajstić information content (AvgIpc) is 3.00. The van der Waals surface area contributed by atoms with E-state index in [1.165, 1.54) is 34.6 Å². The Morgan fingerprint density at radius 3 is 2.56 bits per heavy atom. The molecule has 0 N–H and O–H groups in total. The lowest BCUT2D eigenvalue weighted by Gasteiger charge is -2.21. The highest BCUT2D eigenvalue weighted by atomic mass is 32.1. The summed E-state index contributed by atoms with van der Waals surface area (Å²) in [6, 6.07) is 9.99. The number of carbonyl (C=O) groups excluding carboxylic acids is 1. The number of hydrogen-bond donors (Lipinski definition) is 0. The van der Waals surface area contributed by atoms with Gasteiger partial charge in [-0.25, -0.2) is 9.37 Å². The Bertz CT molecular complexity index is 928. The number of amides is 1. The number of rotatable bonds is 6. The van der Waals surface area contributed by atoms with Crippen LogP contribution in [0.3, 0.4) is 0 Å². The molecule has 2 aromatic carbocycles. The van der Waals surface area contributed by atoms with Crippen LogP contribution in [0.15, 0.2) is 36.4 Å². The zero-order valence-electron chi connectivity index (χ0n) is 16.1. The smallest absolute Gasteiger partial charge is 0.260 e. The molecule has 1 amide bonds. The minimum absolute atomic E-state index is 0.222. The van der Waals surface area contributed by atoms with Gasteiger partial charge >= 0.3 is 0 Å². The molecule has 27 heavy (non-hydrogen) atoms. The predicted molar refractivity (Wildman–Crippen MR) is 110 cm³/mol. The standard InChI is InChI=1S/C21H24FN3OS/c1-14-11-18-19(12-15(14)2)27-21(23-18)25(10-6-9-24(3)4)20(26)16-7-5-8-17(22)13-16/h5,7-8,11-13H,6,9-10H2,1-4H3. The summed E-state index contributed by atoms with van der Waals surface area (Å²) in [6.45, 7) is 5.52. The maximum Gasteiger partial charge on any atom is 0.260 e. The largest absolute Gasteiger partial charge is 0.309 e. The van der Waals surface area contributed by atoms with Crippen molar-refractivity contribution in [2.75, 3.05) is 32.1 Å². The topological polar surface area (TPSA) is 36.4 Å². The van der Waals surface area contributed by atoms with E-state index in [-0.39, 0.29) is 5.91 Å². The number of anilines is 1. The second kappa shape index (κ2) is 8.15. The average molecular weight is 386 g/mol. The van der Waals surface area contributed by atoms with E-state index in [4.69, 9.17) is 4.98 Å². The van der Waals surface area contributed by atoms with Crippen molar-refractivity contribution in [1.82, 2.24) is 9.88 Å². The van der Waals surface area contributed by atoms with Crippen molar-refractivity contribution in [3.05, 3.63) is 58.9 Å². The van der Waals surface area contributed by atoms with Crippen LogP contribution in [-0.4, -0.2) is 43.0 Å². The molecule has 0 bridgehead atoms. The van der Waals surface area contributed by atoms with Gasteiger partial charge in [-0.2, -0.15) is 0 Å². The lowest BCUT2D eigenvalue weighted by atomic mass is 10.1. The van der Waals surface area contributed by atoms with Gasteiger partial charge in [-0.1, -0.05) is 17.4 Å². The fraction of sp³-hybridized carbons (Fsp3) is 0.333. The Kier molecular flexibility index (Phi) is 5.87. The number of aromatic nitrogens is 1. The number of benzene rings is 2. The Balaban J connectivity index is 1.97. The first-order valence-electron chi connectivity index (χ1n) is 8.95. The predicted octanol–water partition coefficient (Wildman–Crippen LogP) is 4.65. The number of carbonyl (C=O) groups is 1. The van der Waals surface area contributed by atoms with Crippen LogP contribution in [0, 0.1) is 19.7 Å². The first-order valence-corrected chi connectivity index (χ1v) is 9.77. The van der Waals surface area contributed by atoms with Gasteiger partial charge in [0.05, 0.1) is 10.2 Å². The van der Waals surface area contributed by atoms with Crippen molar-refractivity contribution >= 4 is 32.6 Å². The van der Waals surface area contributed by atoms with E-state index in [0.29, 0.717) is 17.2 Å². The third-order valence-corrected chi connectivity index (χ3v) is 5.57. The molecule has 3 aromatic rings. The Morgan fingerprint density at radius 2 is 1.85 bits per heavy atom. The highest BCUT2D eigenvalue weighted by molar-refractivity contribution is 7.22. The van der Waals surface area contributed by atoms with E-state index in [1.807, 2.05) is 14.1 Å². The van der Waals surface area contributed by atoms with Crippen molar-refractivity contribution in [3.8, 4) is 0 Å². The molecular formula is C21H24FN3OS. The first-order chi connectivity index (χ1) is 12.8.